The van der Waals surface area contributed by atoms with E-state index in [0.717, 1.165) is 29.7 Å². The standard InChI is InChI=1S/C23H23N3O4/c1-4-29-22(27)17(13-24)14-26(3)21-19(23(28)30-5-2)12-16-11-10-15-8-6-7-9-18(15)20(16)25-21/h6-9,12,14H,4-5,10-11H2,1-3H3/b17-14+. The van der Waals surface area contributed by atoms with Gasteiger partial charge < -0.3 is 14.4 Å². The van der Waals surface area contributed by atoms with Crippen LogP contribution in [0, 0.1) is 11.3 Å². The van der Waals surface area contributed by atoms with Crippen LogP contribution in [0.4, 0.5) is 5.82 Å². The van der Waals surface area contributed by atoms with E-state index in [1.165, 1.54) is 16.7 Å². The highest BCUT2D eigenvalue weighted by Crippen LogP contribution is 2.35. The summed E-state index contributed by atoms with van der Waals surface area (Å²) in [4.78, 5) is 30.9. The van der Waals surface area contributed by atoms with Crippen molar-refractivity contribution in [2.45, 2.75) is 26.7 Å². The SMILES string of the molecule is CCOC(=O)/C(C#N)=C/N(C)c1nc2c(cc1C(=O)OCC)CCc1ccccc1-2. The second-order valence-corrected chi connectivity index (χ2v) is 6.73. The van der Waals surface area contributed by atoms with Crippen molar-refractivity contribution in [1.29, 1.82) is 5.26 Å². The summed E-state index contributed by atoms with van der Waals surface area (Å²) in [5.74, 6) is -0.926. The summed E-state index contributed by atoms with van der Waals surface area (Å²) in [5, 5.41) is 9.35. The van der Waals surface area contributed by atoms with Gasteiger partial charge in [-0.1, -0.05) is 24.3 Å². The molecule has 1 heterocycles. The number of aryl methyl sites for hydroxylation is 2. The van der Waals surface area contributed by atoms with Crippen molar-refractivity contribution in [3.05, 3.63) is 58.8 Å². The number of ether oxygens (including phenoxy) is 2. The number of anilines is 1. The lowest BCUT2D eigenvalue weighted by Gasteiger charge is -2.24. The predicted molar refractivity (Wildman–Crippen MR) is 112 cm³/mol. The van der Waals surface area contributed by atoms with E-state index >= 15 is 0 Å². The number of aromatic nitrogens is 1. The van der Waals surface area contributed by atoms with Gasteiger partial charge in [-0.3, -0.25) is 0 Å². The Labute approximate surface area is 175 Å². The van der Waals surface area contributed by atoms with Crippen LogP contribution in [0.3, 0.4) is 0 Å². The van der Waals surface area contributed by atoms with E-state index in [1.807, 2.05) is 24.3 Å². The number of carbonyl (C=O) groups excluding carboxylic acids is 2. The highest BCUT2D eigenvalue weighted by Gasteiger charge is 2.25. The molecule has 7 heteroatoms. The summed E-state index contributed by atoms with van der Waals surface area (Å²) in [5.41, 5.74) is 4.05. The minimum Gasteiger partial charge on any atom is -0.462 e. The van der Waals surface area contributed by atoms with Gasteiger partial charge in [0.15, 0.2) is 5.57 Å². The Hall–Kier alpha value is -3.66. The van der Waals surface area contributed by atoms with Crippen LogP contribution in [0.25, 0.3) is 11.3 Å². The Balaban J connectivity index is 2.13. The highest BCUT2D eigenvalue weighted by atomic mass is 16.5. The van der Waals surface area contributed by atoms with Crippen LogP contribution in [0.2, 0.25) is 0 Å². The molecule has 0 saturated carbocycles. The van der Waals surface area contributed by atoms with E-state index < -0.39 is 11.9 Å². The Morgan fingerprint density at radius 1 is 1.17 bits per heavy atom. The number of fused-ring (bicyclic) bond motifs is 3. The number of nitriles is 1. The maximum Gasteiger partial charge on any atom is 0.350 e. The number of benzene rings is 1. The molecule has 0 aliphatic heterocycles. The number of hydrogen-bond donors (Lipinski definition) is 0. The lowest BCUT2D eigenvalue weighted by molar-refractivity contribution is -0.138. The molecule has 0 fully saturated rings. The molecule has 0 N–H and O–H groups in total. The molecule has 1 aromatic heterocycles. The molecule has 0 radical (unpaired) electrons. The van der Waals surface area contributed by atoms with Gasteiger partial charge in [0.05, 0.1) is 18.9 Å². The van der Waals surface area contributed by atoms with Crippen molar-refractivity contribution < 1.29 is 19.1 Å². The minimum atomic E-state index is -0.729. The van der Waals surface area contributed by atoms with Crippen molar-refractivity contribution in [3.63, 3.8) is 0 Å². The molecule has 0 spiro atoms. The van der Waals surface area contributed by atoms with E-state index in [0.29, 0.717) is 5.82 Å². The summed E-state index contributed by atoms with van der Waals surface area (Å²) >= 11 is 0. The number of carbonyl (C=O) groups is 2. The van der Waals surface area contributed by atoms with Crippen molar-refractivity contribution in [2.24, 2.45) is 0 Å². The van der Waals surface area contributed by atoms with E-state index in [1.54, 1.807) is 27.0 Å². The first kappa shape index (κ1) is 21.1. The first-order valence-corrected chi connectivity index (χ1v) is 9.81. The van der Waals surface area contributed by atoms with E-state index in [9.17, 15) is 14.9 Å². The highest BCUT2D eigenvalue weighted by molar-refractivity contribution is 5.97. The molecular formula is C23H23N3O4. The van der Waals surface area contributed by atoms with Gasteiger partial charge in [-0.15, -0.1) is 0 Å². The molecule has 0 atom stereocenters. The van der Waals surface area contributed by atoms with E-state index in [4.69, 9.17) is 14.5 Å². The molecule has 1 aromatic carbocycles. The van der Waals surface area contributed by atoms with E-state index in [-0.39, 0.29) is 24.4 Å². The first-order chi connectivity index (χ1) is 14.5. The van der Waals surface area contributed by atoms with Gasteiger partial charge in [-0.05, 0) is 43.9 Å². The minimum absolute atomic E-state index is 0.156. The Morgan fingerprint density at radius 3 is 2.57 bits per heavy atom. The van der Waals surface area contributed by atoms with Gasteiger partial charge in [-0.25, -0.2) is 14.6 Å². The fraction of sp³-hybridized carbons (Fsp3) is 0.304. The fourth-order valence-corrected chi connectivity index (χ4v) is 3.43. The summed E-state index contributed by atoms with van der Waals surface area (Å²) in [7, 11) is 1.63. The Kier molecular flexibility index (Phi) is 6.48. The first-order valence-electron chi connectivity index (χ1n) is 9.81. The van der Waals surface area contributed by atoms with Crippen molar-refractivity contribution in [3.8, 4) is 17.3 Å². The molecule has 0 bridgehead atoms. The molecule has 0 saturated heterocycles. The number of pyridine rings is 1. The predicted octanol–water partition coefficient (Wildman–Crippen LogP) is 3.43. The molecule has 0 unspecified atom stereocenters. The summed E-state index contributed by atoms with van der Waals surface area (Å²) in [6.45, 7) is 3.78. The summed E-state index contributed by atoms with van der Waals surface area (Å²) in [6, 6.07) is 11.7. The average molecular weight is 405 g/mol. The quantitative estimate of drug-likeness (QED) is 0.413. The van der Waals surface area contributed by atoms with Gasteiger partial charge >= 0.3 is 11.9 Å². The molecule has 2 aromatic rings. The zero-order valence-electron chi connectivity index (χ0n) is 17.3. The zero-order valence-corrected chi connectivity index (χ0v) is 17.3. The van der Waals surface area contributed by atoms with Gasteiger partial charge in [0.1, 0.15) is 17.5 Å². The Bertz CT molecular complexity index is 1050. The van der Waals surface area contributed by atoms with Gasteiger partial charge in [0, 0.05) is 18.8 Å². The van der Waals surface area contributed by atoms with Crippen molar-refractivity contribution >= 4 is 17.8 Å². The molecule has 3 rings (SSSR count). The van der Waals surface area contributed by atoms with Crippen LogP contribution in [-0.2, 0) is 27.1 Å². The molecule has 154 valence electrons. The summed E-state index contributed by atoms with van der Waals surface area (Å²) in [6.07, 6.45) is 2.95. The molecule has 30 heavy (non-hydrogen) atoms. The second kappa shape index (κ2) is 9.23. The van der Waals surface area contributed by atoms with Crippen LogP contribution in [0.5, 0.6) is 0 Å². The lowest BCUT2D eigenvalue weighted by Crippen LogP contribution is -2.21. The van der Waals surface area contributed by atoms with Crippen molar-refractivity contribution in [2.75, 3.05) is 25.2 Å². The molecule has 1 aliphatic carbocycles. The molecule has 1 aliphatic rings. The largest absolute Gasteiger partial charge is 0.462 e. The number of esters is 2. The van der Waals surface area contributed by atoms with Crippen LogP contribution in [0.1, 0.15) is 35.3 Å². The average Bonchev–Trinajstić information content (AvgIpc) is 2.76. The second-order valence-electron chi connectivity index (χ2n) is 6.73. The van der Waals surface area contributed by atoms with Crippen molar-refractivity contribution in [1.82, 2.24) is 4.98 Å². The third-order valence-electron chi connectivity index (χ3n) is 4.79. The third-order valence-corrected chi connectivity index (χ3v) is 4.79. The lowest BCUT2D eigenvalue weighted by atomic mass is 9.88. The van der Waals surface area contributed by atoms with Crippen LogP contribution in [0.15, 0.2) is 42.1 Å². The van der Waals surface area contributed by atoms with Gasteiger partial charge in [0.2, 0.25) is 0 Å². The molecule has 7 nitrogen and oxygen atoms in total. The number of rotatable bonds is 6. The van der Waals surface area contributed by atoms with E-state index in [2.05, 4.69) is 6.07 Å². The van der Waals surface area contributed by atoms with Crippen LogP contribution in [-0.4, -0.2) is 37.2 Å². The smallest absolute Gasteiger partial charge is 0.350 e. The summed E-state index contributed by atoms with van der Waals surface area (Å²) < 4.78 is 10.1. The number of hydrogen-bond acceptors (Lipinski definition) is 7. The third kappa shape index (κ3) is 4.18. The topological polar surface area (TPSA) is 92.5 Å². The normalized spacial score (nSPS) is 12.3. The number of nitrogens with zero attached hydrogens (tertiary/aromatic N) is 3. The zero-order chi connectivity index (χ0) is 21.7. The van der Waals surface area contributed by atoms with Crippen LogP contribution < -0.4 is 4.90 Å². The monoisotopic (exact) mass is 405 g/mol. The molecular weight excluding hydrogens is 382 g/mol. The maximum atomic E-state index is 12.6. The maximum absolute atomic E-state index is 12.6. The van der Waals surface area contributed by atoms with Crippen LogP contribution >= 0.6 is 0 Å². The Morgan fingerprint density at radius 2 is 1.87 bits per heavy atom. The fourth-order valence-electron chi connectivity index (χ4n) is 3.43. The molecule has 0 amide bonds. The van der Waals surface area contributed by atoms with Gasteiger partial charge in [0.25, 0.3) is 0 Å². The van der Waals surface area contributed by atoms with Gasteiger partial charge in [-0.2, -0.15) is 5.26 Å².